The zero-order valence-corrected chi connectivity index (χ0v) is 15.2. The molecule has 0 spiro atoms. The number of para-hydroxylation sites is 1. The number of nitrogens with one attached hydrogen (secondary N) is 1. The average Bonchev–Trinajstić information content (AvgIpc) is 2.49. The Kier molecular flexibility index (Phi) is 5.65. The number of nitrogens with zero attached hydrogens (tertiary/aromatic N) is 2. The molecule has 0 atom stereocenters. The van der Waals surface area contributed by atoms with Gasteiger partial charge in [0.15, 0.2) is 0 Å². The Morgan fingerprint density at radius 1 is 1.25 bits per heavy atom. The zero-order valence-electron chi connectivity index (χ0n) is 15.2. The number of hydrogen-bond acceptors (Lipinski definition) is 4. The number of ether oxygens (including phenoxy) is 1. The molecule has 5 heteroatoms. The highest BCUT2D eigenvalue weighted by Crippen LogP contribution is 2.21. The molecule has 0 aliphatic rings. The van der Waals surface area contributed by atoms with Crippen molar-refractivity contribution in [3.8, 4) is 0 Å². The van der Waals surface area contributed by atoms with Crippen molar-refractivity contribution in [1.82, 2.24) is 9.88 Å². The van der Waals surface area contributed by atoms with Gasteiger partial charge in [-0.2, -0.15) is 0 Å². The lowest BCUT2D eigenvalue weighted by Crippen LogP contribution is -2.35. The number of hydrogen-bond donors (Lipinski definition) is 1. The minimum atomic E-state index is -0.462. The van der Waals surface area contributed by atoms with Gasteiger partial charge in [-0.1, -0.05) is 18.2 Å². The van der Waals surface area contributed by atoms with E-state index in [1.54, 1.807) is 11.9 Å². The minimum absolute atomic E-state index is 0.287. The number of anilines is 1. The highest BCUT2D eigenvalue weighted by molar-refractivity contribution is 5.90. The highest BCUT2D eigenvalue weighted by atomic mass is 16.6. The number of pyridine rings is 1. The normalized spacial score (nSPS) is 11.4. The predicted molar refractivity (Wildman–Crippen MR) is 98.5 cm³/mol. The van der Waals surface area contributed by atoms with E-state index in [2.05, 4.69) is 22.4 Å². The van der Waals surface area contributed by atoms with Gasteiger partial charge in [-0.05, 0) is 46.2 Å². The van der Waals surface area contributed by atoms with E-state index >= 15 is 0 Å². The largest absolute Gasteiger partial charge is 0.444 e. The van der Waals surface area contributed by atoms with Gasteiger partial charge in [0.05, 0.1) is 11.2 Å². The van der Waals surface area contributed by atoms with Crippen molar-refractivity contribution in [2.75, 3.05) is 25.5 Å². The van der Waals surface area contributed by atoms with Crippen LogP contribution in [0.5, 0.6) is 0 Å². The maximum atomic E-state index is 11.9. The fourth-order valence-electron chi connectivity index (χ4n) is 2.36. The van der Waals surface area contributed by atoms with Gasteiger partial charge in [-0.3, -0.25) is 4.98 Å². The molecule has 1 aromatic heterocycles. The number of amides is 1. The van der Waals surface area contributed by atoms with Crippen LogP contribution in [0.1, 0.15) is 32.9 Å². The molecule has 0 bridgehead atoms. The predicted octanol–water partition coefficient (Wildman–Crippen LogP) is 4.21. The maximum absolute atomic E-state index is 11.9. The molecule has 5 nitrogen and oxygen atoms in total. The second-order valence-electron chi connectivity index (χ2n) is 7.01. The Labute approximate surface area is 144 Å². The molecule has 0 unspecified atom stereocenters. The molecule has 1 heterocycles. The summed E-state index contributed by atoms with van der Waals surface area (Å²) in [5.74, 6) is 0. The number of aryl methyl sites for hydroxylation is 1. The lowest BCUT2D eigenvalue weighted by Gasteiger charge is -2.24. The van der Waals surface area contributed by atoms with Gasteiger partial charge in [0.25, 0.3) is 0 Å². The summed E-state index contributed by atoms with van der Waals surface area (Å²) in [6, 6.07) is 10.2. The molecule has 1 aromatic carbocycles. The van der Waals surface area contributed by atoms with Crippen LogP contribution >= 0.6 is 0 Å². The first kappa shape index (κ1) is 18.0. The molecular formula is C19H27N3O2. The molecular weight excluding hydrogens is 302 g/mol. The van der Waals surface area contributed by atoms with E-state index in [9.17, 15) is 4.79 Å². The Balaban J connectivity index is 1.87. The van der Waals surface area contributed by atoms with E-state index in [-0.39, 0.29) is 6.09 Å². The second-order valence-corrected chi connectivity index (χ2v) is 7.01. The molecule has 24 heavy (non-hydrogen) atoms. The summed E-state index contributed by atoms with van der Waals surface area (Å²) in [6.07, 6.45) is 0.544. The molecule has 130 valence electrons. The molecule has 0 fully saturated rings. The van der Waals surface area contributed by atoms with Crippen molar-refractivity contribution in [2.24, 2.45) is 0 Å². The van der Waals surface area contributed by atoms with Gasteiger partial charge in [-0.15, -0.1) is 0 Å². The van der Waals surface area contributed by atoms with Crippen LogP contribution in [0.25, 0.3) is 10.9 Å². The summed E-state index contributed by atoms with van der Waals surface area (Å²) < 4.78 is 5.34. The zero-order chi connectivity index (χ0) is 17.7. The van der Waals surface area contributed by atoms with Crippen molar-refractivity contribution in [2.45, 2.75) is 39.7 Å². The van der Waals surface area contributed by atoms with Crippen LogP contribution in [0.4, 0.5) is 10.5 Å². The fourth-order valence-corrected chi connectivity index (χ4v) is 2.36. The number of benzene rings is 1. The van der Waals surface area contributed by atoms with Gasteiger partial charge in [0.1, 0.15) is 5.60 Å². The number of rotatable bonds is 5. The minimum Gasteiger partial charge on any atom is -0.444 e. The summed E-state index contributed by atoms with van der Waals surface area (Å²) in [7, 11) is 1.76. The fraction of sp³-hybridized carbons (Fsp3) is 0.474. The highest BCUT2D eigenvalue weighted by Gasteiger charge is 2.19. The van der Waals surface area contributed by atoms with Gasteiger partial charge in [0, 0.05) is 31.2 Å². The molecule has 0 saturated carbocycles. The number of fused-ring (bicyclic) bond motifs is 1. The first-order valence-corrected chi connectivity index (χ1v) is 8.30. The van der Waals surface area contributed by atoms with Gasteiger partial charge in [0.2, 0.25) is 0 Å². The van der Waals surface area contributed by atoms with Crippen LogP contribution in [0, 0.1) is 6.92 Å². The molecule has 0 aliphatic heterocycles. The van der Waals surface area contributed by atoms with E-state index < -0.39 is 5.60 Å². The third-order valence-electron chi connectivity index (χ3n) is 3.55. The SMILES string of the molecule is Cc1ccc2cccc(NCCCN(C)C(=O)OC(C)(C)C)c2n1. The van der Waals surface area contributed by atoms with E-state index in [1.807, 2.05) is 45.9 Å². The topological polar surface area (TPSA) is 54.5 Å². The van der Waals surface area contributed by atoms with Crippen LogP contribution in [-0.2, 0) is 4.74 Å². The molecule has 0 saturated heterocycles. The van der Waals surface area contributed by atoms with Crippen LogP contribution < -0.4 is 5.32 Å². The van der Waals surface area contributed by atoms with Crippen molar-refractivity contribution >= 4 is 22.7 Å². The van der Waals surface area contributed by atoms with Crippen molar-refractivity contribution in [3.05, 3.63) is 36.0 Å². The van der Waals surface area contributed by atoms with Crippen LogP contribution in [0.3, 0.4) is 0 Å². The van der Waals surface area contributed by atoms with Crippen molar-refractivity contribution in [3.63, 3.8) is 0 Å². The number of carbonyl (C=O) groups excluding carboxylic acids is 1. The van der Waals surface area contributed by atoms with Crippen molar-refractivity contribution in [1.29, 1.82) is 0 Å². The molecule has 2 aromatic rings. The van der Waals surface area contributed by atoms with E-state index in [1.165, 1.54) is 0 Å². The average molecular weight is 329 g/mol. The van der Waals surface area contributed by atoms with Gasteiger partial charge in [-0.25, -0.2) is 4.79 Å². The Morgan fingerprint density at radius 3 is 2.71 bits per heavy atom. The smallest absolute Gasteiger partial charge is 0.410 e. The molecule has 0 aliphatic carbocycles. The Hall–Kier alpha value is -2.30. The van der Waals surface area contributed by atoms with Crippen molar-refractivity contribution < 1.29 is 9.53 Å². The van der Waals surface area contributed by atoms with Crippen LogP contribution in [0.2, 0.25) is 0 Å². The monoisotopic (exact) mass is 329 g/mol. The maximum Gasteiger partial charge on any atom is 0.410 e. The standard InChI is InChI=1S/C19H27N3O2/c1-14-10-11-15-8-6-9-16(17(15)21-14)20-12-7-13-22(5)18(23)24-19(2,3)4/h6,8-11,20H,7,12-13H2,1-5H3. The van der Waals surface area contributed by atoms with E-state index in [0.29, 0.717) is 6.54 Å². The van der Waals surface area contributed by atoms with E-state index in [4.69, 9.17) is 4.74 Å². The Morgan fingerprint density at radius 2 is 2.00 bits per heavy atom. The molecule has 1 amide bonds. The Bertz CT molecular complexity index is 707. The third kappa shape index (κ3) is 5.11. The summed E-state index contributed by atoms with van der Waals surface area (Å²) in [5, 5.41) is 4.54. The lowest BCUT2D eigenvalue weighted by molar-refractivity contribution is 0.0298. The summed E-state index contributed by atoms with van der Waals surface area (Å²) >= 11 is 0. The van der Waals surface area contributed by atoms with Gasteiger partial charge >= 0.3 is 6.09 Å². The molecule has 1 N–H and O–H groups in total. The van der Waals surface area contributed by atoms with Crippen LogP contribution in [0.15, 0.2) is 30.3 Å². The lowest BCUT2D eigenvalue weighted by atomic mass is 10.1. The quantitative estimate of drug-likeness (QED) is 0.835. The second kappa shape index (κ2) is 7.51. The summed E-state index contributed by atoms with van der Waals surface area (Å²) in [5.41, 5.74) is 2.55. The first-order chi connectivity index (χ1) is 11.3. The summed E-state index contributed by atoms with van der Waals surface area (Å²) in [6.45, 7) is 9.01. The van der Waals surface area contributed by atoms with E-state index in [0.717, 1.165) is 35.2 Å². The number of aromatic nitrogens is 1. The summed E-state index contributed by atoms with van der Waals surface area (Å²) in [4.78, 5) is 18.1. The van der Waals surface area contributed by atoms with Gasteiger partial charge < -0.3 is 15.0 Å². The molecule has 0 radical (unpaired) electrons. The van der Waals surface area contributed by atoms with Crippen LogP contribution in [-0.4, -0.2) is 41.7 Å². The molecule has 2 rings (SSSR count). The third-order valence-corrected chi connectivity index (χ3v) is 3.55. The number of carbonyl (C=O) groups is 1. The first-order valence-electron chi connectivity index (χ1n) is 8.30.